The fourth-order valence-corrected chi connectivity index (χ4v) is 6.30. The van der Waals surface area contributed by atoms with Gasteiger partial charge in [-0.3, -0.25) is 14.4 Å². The van der Waals surface area contributed by atoms with Gasteiger partial charge in [-0.25, -0.2) is 0 Å². The summed E-state index contributed by atoms with van der Waals surface area (Å²) in [6.45, 7) is 2.44. The van der Waals surface area contributed by atoms with E-state index in [-0.39, 0.29) is 24.3 Å². The smallest absolute Gasteiger partial charge is 0.246 e. The van der Waals surface area contributed by atoms with E-state index in [1.165, 1.54) is 4.90 Å². The van der Waals surface area contributed by atoms with Gasteiger partial charge in [-0.2, -0.15) is 0 Å². The van der Waals surface area contributed by atoms with Gasteiger partial charge in [-0.15, -0.1) is 0 Å². The minimum absolute atomic E-state index is 0.202. The number of hydrogen-bond donors (Lipinski definition) is 3. The maximum Gasteiger partial charge on any atom is 0.246 e. The summed E-state index contributed by atoms with van der Waals surface area (Å²) in [5, 5.41) is 16.4. The molecule has 6 atom stereocenters. The Balaban J connectivity index is 1.52. The number of rotatable bonds is 9. The van der Waals surface area contributed by atoms with E-state index in [1.807, 2.05) is 67.6 Å². The zero-order valence-corrected chi connectivity index (χ0v) is 20.4. The van der Waals surface area contributed by atoms with Crippen LogP contribution in [0.4, 0.5) is 0 Å². The molecule has 2 aromatic carbocycles. The van der Waals surface area contributed by atoms with Gasteiger partial charge in [0, 0.05) is 13.1 Å². The predicted molar refractivity (Wildman–Crippen MR) is 132 cm³/mol. The number of aliphatic hydroxyl groups is 1. The van der Waals surface area contributed by atoms with Crippen molar-refractivity contribution in [1.29, 1.82) is 0 Å². The Kier molecular flexibility index (Phi) is 6.81. The first-order valence-electron chi connectivity index (χ1n) is 12.8. The highest BCUT2D eigenvalue weighted by molar-refractivity contribution is 5.99. The average molecular weight is 492 g/mol. The molecule has 3 aliphatic rings. The van der Waals surface area contributed by atoms with Crippen molar-refractivity contribution in [3.05, 3.63) is 71.8 Å². The molecule has 2 unspecified atom stereocenters. The van der Waals surface area contributed by atoms with Crippen LogP contribution in [-0.2, 0) is 25.7 Å². The van der Waals surface area contributed by atoms with Crippen LogP contribution in [0, 0.1) is 11.8 Å². The molecule has 3 amide bonds. The number of amides is 3. The Labute approximate surface area is 211 Å². The predicted octanol–water partition coefficient (Wildman–Crippen LogP) is 1.94. The van der Waals surface area contributed by atoms with E-state index in [0.29, 0.717) is 25.9 Å². The molecular weight excluding hydrogens is 458 g/mol. The number of carbonyl (C=O) groups excluding carboxylic acids is 3. The second-order valence-electron chi connectivity index (χ2n) is 9.90. The lowest BCUT2D eigenvalue weighted by Crippen LogP contribution is -2.56. The van der Waals surface area contributed by atoms with Crippen molar-refractivity contribution < 1.29 is 24.2 Å². The van der Waals surface area contributed by atoms with Crippen molar-refractivity contribution in [1.82, 2.24) is 15.5 Å². The van der Waals surface area contributed by atoms with E-state index in [4.69, 9.17) is 4.74 Å². The summed E-state index contributed by atoms with van der Waals surface area (Å²) in [4.78, 5) is 42.6. The zero-order chi connectivity index (χ0) is 25.3. The van der Waals surface area contributed by atoms with Crippen LogP contribution in [0.15, 0.2) is 60.7 Å². The fourth-order valence-electron chi connectivity index (χ4n) is 6.30. The third-order valence-corrected chi connectivity index (χ3v) is 7.84. The molecule has 0 saturated carbocycles. The molecule has 2 bridgehead atoms. The molecule has 3 fully saturated rings. The minimum atomic E-state index is -1.10. The topological polar surface area (TPSA) is 108 Å². The highest BCUT2D eigenvalue weighted by Crippen LogP contribution is 2.59. The van der Waals surface area contributed by atoms with Crippen LogP contribution in [0.3, 0.4) is 0 Å². The van der Waals surface area contributed by atoms with Gasteiger partial charge >= 0.3 is 0 Å². The molecule has 0 radical (unpaired) electrons. The first kappa shape index (κ1) is 24.5. The number of aliphatic hydroxyl groups excluding tert-OH is 1. The van der Waals surface area contributed by atoms with Gasteiger partial charge in [0.1, 0.15) is 11.6 Å². The first-order valence-corrected chi connectivity index (χ1v) is 12.8. The van der Waals surface area contributed by atoms with Crippen LogP contribution in [0.2, 0.25) is 0 Å². The lowest BCUT2D eigenvalue weighted by atomic mass is 9.70. The summed E-state index contributed by atoms with van der Waals surface area (Å²) in [6.07, 6.45) is 1.51. The Hall–Kier alpha value is -3.23. The maximum atomic E-state index is 14.1. The molecule has 3 N–H and O–H groups in total. The maximum absolute atomic E-state index is 14.1. The molecular formula is C28H33N3O5. The van der Waals surface area contributed by atoms with Crippen molar-refractivity contribution in [2.24, 2.45) is 11.8 Å². The Morgan fingerprint density at radius 2 is 1.78 bits per heavy atom. The van der Waals surface area contributed by atoms with Gasteiger partial charge in [-0.1, -0.05) is 67.6 Å². The molecule has 36 heavy (non-hydrogen) atoms. The van der Waals surface area contributed by atoms with E-state index in [2.05, 4.69) is 10.6 Å². The third kappa shape index (κ3) is 3.98. The summed E-state index contributed by atoms with van der Waals surface area (Å²) in [5.41, 5.74) is 0.567. The van der Waals surface area contributed by atoms with Crippen molar-refractivity contribution >= 4 is 17.7 Å². The van der Waals surface area contributed by atoms with E-state index >= 15 is 0 Å². The molecule has 8 nitrogen and oxygen atoms in total. The normalized spacial score (nSPS) is 29.2. The number of nitrogens with one attached hydrogen (secondary N) is 2. The van der Waals surface area contributed by atoms with Crippen LogP contribution in [0.25, 0.3) is 0 Å². The van der Waals surface area contributed by atoms with Gasteiger partial charge < -0.3 is 25.4 Å². The van der Waals surface area contributed by atoms with Gasteiger partial charge in [0.25, 0.3) is 0 Å². The summed E-state index contributed by atoms with van der Waals surface area (Å²) in [6, 6.07) is 17.1. The molecule has 1 spiro atoms. The number of nitrogens with zero attached hydrogens (tertiary/aromatic N) is 1. The second kappa shape index (κ2) is 10.0. The highest BCUT2D eigenvalue weighted by atomic mass is 16.5. The Morgan fingerprint density at radius 3 is 2.44 bits per heavy atom. The summed E-state index contributed by atoms with van der Waals surface area (Å²) in [5.74, 6) is -2.26. The summed E-state index contributed by atoms with van der Waals surface area (Å²) < 4.78 is 6.45. The number of hydrogen-bond acceptors (Lipinski definition) is 5. The van der Waals surface area contributed by atoms with E-state index < -0.39 is 35.6 Å². The third-order valence-electron chi connectivity index (χ3n) is 7.84. The zero-order valence-electron chi connectivity index (χ0n) is 20.4. The highest BCUT2D eigenvalue weighted by Gasteiger charge is 2.75. The summed E-state index contributed by atoms with van der Waals surface area (Å²) >= 11 is 0. The number of carbonyl (C=O) groups is 3. The van der Waals surface area contributed by atoms with Crippen LogP contribution in [0.5, 0.6) is 0 Å². The second-order valence-corrected chi connectivity index (χ2v) is 9.90. The monoisotopic (exact) mass is 491 g/mol. The molecule has 5 rings (SSSR count). The Morgan fingerprint density at radius 1 is 1.08 bits per heavy atom. The van der Waals surface area contributed by atoms with Crippen LogP contribution >= 0.6 is 0 Å². The van der Waals surface area contributed by atoms with Crippen molar-refractivity contribution in [3.63, 3.8) is 0 Å². The van der Waals surface area contributed by atoms with E-state index in [1.54, 1.807) is 0 Å². The SMILES string of the molecule is CCCNC(=O)[C@@H]1[C@H]2C(=O)N([C@H](CO)c3ccccc3)C(C(=O)NCc3ccccc3)C23CC[C@H]1O3. The lowest BCUT2D eigenvalue weighted by molar-refractivity contribution is -0.146. The number of ether oxygens (including phenoxy) is 1. The molecule has 0 aliphatic carbocycles. The first-order chi connectivity index (χ1) is 17.5. The summed E-state index contributed by atoms with van der Waals surface area (Å²) in [7, 11) is 0. The fraction of sp³-hybridized carbons (Fsp3) is 0.464. The van der Waals surface area contributed by atoms with Crippen LogP contribution in [-0.4, -0.2) is 58.6 Å². The lowest BCUT2D eigenvalue weighted by Gasteiger charge is -2.36. The Bertz CT molecular complexity index is 1110. The molecule has 3 aliphatic heterocycles. The number of likely N-dealkylation sites (tertiary alicyclic amines) is 1. The average Bonchev–Trinajstić information content (AvgIpc) is 3.55. The number of fused-ring (bicyclic) bond motifs is 1. The molecule has 3 heterocycles. The molecule has 2 aromatic rings. The van der Waals surface area contributed by atoms with Gasteiger partial charge in [0.15, 0.2) is 0 Å². The van der Waals surface area contributed by atoms with Gasteiger partial charge in [-0.05, 0) is 30.4 Å². The van der Waals surface area contributed by atoms with Crippen molar-refractivity contribution in [3.8, 4) is 0 Å². The van der Waals surface area contributed by atoms with Crippen molar-refractivity contribution in [2.75, 3.05) is 13.2 Å². The van der Waals surface area contributed by atoms with Gasteiger partial charge in [0.05, 0.1) is 30.6 Å². The molecule has 3 saturated heterocycles. The number of benzene rings is 2. The van der Waals surface area contributed by atoms with Gasteiger partial charge in [0.2, 0.25) is 17.7 Å². The van der Waals surface area contributed by atoms with Crippen LogP contribution < -0.4 is 10.6 Å². The minimum Gasteiger partial charge on any atom is -0.394 e. The van der Waals surface area contributed by atoms with E-state index in [9.17, 15) is 19.5 Å². The molecule has 0 aromatic heterocycles. The molecule has 8 heteroatoms. The molecule has 190 valence electrons. The standard InChI is InChI=1S/C28H33N3O5/c1-2-15-29-25(33)22-21-13-14-28(36-21)23(22)27(35)31(20(17-32)19-11-7-4-8-12-19)24(28)26(34)30-16-18-9-5-3-6-10-18/h3-12,20-24,32H,2,13-17H2,1H3,(H,29,33)(H,30,34)/t20-,21-,22+,23+,24?,28?/m1/s1. The van der Waals surface area contributed by atoms with Crippen molar-refractivity contribution in [2.45, 2.75) is 56.5 Å². The largest absolute Gasteiger partial charge is 0.394 e. The van der Waals surface area contributed by atoms with E-state index in [0.717, 1.165) is 17.5 Å². The van der Waals surface area contributed by atoms with Crippen LogP contribution in [0.1, 0.15) is 43.4 Å². The quantitative estimate of drug-likeness (QED) is 0.497.